The summed E-state index contributed by atoms with van der Waals surface area (Å²) in [6.45, 7) is 8.99. The average Bonchev–Trinajstić information content (AvgIpc) is 2.88. The third kappa shape index (κ3) is 4.19. The fraction of sp³-hybridized carbons (Fsp3) is 0.450. The second kappa shape index (κ2) is 8.04. The summed E-state index contributed by atoms with van der Waals surface area (Å²) < 4.78 is 16.4. The molecule has 0 aliphatic carbocycles. The molecule has 1 aromatic rings. The van der Waals surface area contributed by atoms with Gasteiger partial charge in [0, 0.05) is 11.1 Å². The standard InChI is InChI=1S/C20H26O4/c1-13(2)7-6-8-14(3)9-10-23-18-11-16-17(12-24-20(16)21)19(22-5)15(18)4/h7,9,11H,6,8,10,12H2,1-5H3/b14-9+. The van der Waals surface area contributed by atoms with E-state index in [9.17, 15) is 4.79 Å². The second-order valence-corrected chi connectivity index (χ2v) is 6.32. The number of hydrogen-bond acceptors (Lipinski definition) is 4. The van der Waals surface area contributed by atoms with Gasteiger partial charge in [0.05, 0.1) is 12.7 Å². The smallest absolute Gasteiger partial charge is 0.339 e. The summed E-state index contributed by atoms with van der Waals surface area (Å²) in [5.74, 6) is 1.03. The second-order valence-electron chi connectivity index (χ2n) is 6.32. The monoisotopic (exact) mass is 330 g/mol. The number of benzene rings is 1. The first kappa shape index (κ1) is 18.1. The molecule has 0 amide bonds. The lowest BCUT2D eigenvalue weighted by atomic mass is 10.0. The van der Waals surface area contributed by atoms with Crippen LogP contribution in [0.5, 0.6) is 11.5 Å². The molecule has 1 aliphatic heterocycles. The lowest BCUT2D eigenvalue weighted by Crippen LogP contribution is -2.03. The Hall–Kier alpha value is -2.23. The zero-order chi connectivity index (χ0) is 17.7. The number of ether oxygens (including phenoxy) is 3. The normalized spacial score (nSPS) is 13.4. The minimum atomic E-state index is -0.318. The molecule has 0 saturated carbocycles. The van der Waals surface area contributed by atoms with Gasteiger partial charge in [0.15, 0.2) is 0 Å². The Morgan fingerprint density at radius 2 is 2.04 bits per heavy atom. The molecule has 1 aliphatic rings. The van der Waals surface area contributed by atoms with Crippen LogP contribution in [0.15, 0.2) is 29.4 Å². The van der Waals surface area contributed by atoms with Crippen LogP contribution in [0, 0.1) is 6.92 Å². The van der Waals surface area contributed by atoms with Crippen molar-refractivity contribution in [3.63, 3.8) is 0 Å². The third-order valence-corrected chi connectivity index (χ3v) is 4.12. The fourth-order valence-electron chi connectivity index (χ4n) is 2.72. The first-order valence-corrected chi connectivity index (χ1v) is 8.23. The third-order valence-electron chi connectivity index (χ3n) is 4.12. The van der Waals surface area contributed by atoms with Crippen molar-refractivity contribution in [1.29, 1.82) is 0 Å². The van der Waals surface area contributed by atoms with Crippen molar-refractivity contribution in [2.45, 2.75) is 47.1 Å². The summed E-state index contributed by atoms with van der Waals surface area (Å²) in [6.07, 6.45) is 6.38. The number of allylic oxidation sites excluding steroid dienone is 3. The Labute approximate surface area is 144 Å². The van der Waals surface area contributed by atoms with Gasteiger partial charge in [-0.3, -0.25) is 0 Å². The molecule has 4 nitrogen and oxygen atoms in total. The van der Waals surface area contributed by atoms with Crippen LogP contribution in [0.3, 0.4) is 0 Å². The highest BCUT2D eigenvalue weighted by molar-refractivity contribution is 5.95. The van der Waals surface area contributed by atoms with E-state index in [1.807, 2.05) is 6.92 Å². The van der Waals surface area contributed by atoms with Crippen LogP contribution >= 0.6 is 0 Å². The van der Waals surface area contributed by atoms with Crippen LogP contribution in [0.2, 0.25) is 0 Å². The van der Waals surface area contributed by atoms with Crippen molar-refractivity contribution >= 4 is 5.97 Å². The summed E-state index contributed by atoms with van der Waals surface area (Å²) in [6, 6.07) is 1.76. The van der Waals surface area contributed by atoms with E-state index < -0.39 is 0 Å². The van der Waals surface area contributed by atoms with E-state index in [0.717, 1.165) is 24.0 Å². The molecule has 0 N–H and O–H groups in total. The molecule has 0 spiro atoms. The molecule has 0 radical (unpaired) electrons. The van der Waals surface area contributed by atoms with Crippen LogP contribution in [0.25, 0.3) is 0 Å². The van der Waals surface area contributed by atoms with E-state index in [2.05, 4.69) is 32.9 Å². The quantitative estimate of drug-likeness (QED) is 0.535. The van der Waals surface area contributed by atoms with E-state index in [1.165, 1.54) is 11.1 Å². The SMILES string of the molecule is COc1c(C)c(OC/C=C(\C)CCC=C(C)C)cc2c1COC2=O. The molecule has 0 fully saturated rings. The minimum absolute atomic E-state index is 0.266. The highest BCUT2D eigenvalue weighted by Crippen LogP contribution is 2.38. The molecule has 0 unspecified atom stereocenters. The molecule has 4 heteroatoms. The summed E-state index contributed by atoms with van der Waals surface area (Å²) in [7, 11) is 1.60. The first-order chi connectivity index (χ1) is 11.4. The lowest BCUT2D eigenvalue weighted by Gasteiger charge is -2.14. The average molecular weight is 330 g/mol. The predicted octanol–water partition coefficient (Wildman–Crippen LogP) is 4.75. The predicted molar refractivity (Wildman–Crippen MR) is 94.8 cm³/mol. The summed E-state index contributed by atoms with van der Waals surface area (Å²) in [5.41, 5.74) is 4.87. The van der Waals surface area contributed by atoms with E-state index in [4.69, 9.17) is 14.2 Å². The van der Waals surface area contributed by atoms with Crippen molar-refractivity contribution < 1.29 is 19.0 Å². The van der Waals surface area contributed by atoms with Gasteiger partial charge in [0.25, 0.3) is 0 Å². The maximum Gasteiger partial charge on any atom is 0.339 e. The molecule has 24 heavy (non-hydrogen) atoms. The molecule has 1 heterocycles. The van der Waals surface area contributed by atoms with Crippen molar-refractivity contribution in [3.8, 4) is 11.5 Å². The first-order valence-electron chi connectivity index (χ1n) is 8.23. The number of carbonyl (C=O) groups excluding carboxylic acids is 1. The molecule has 0 bridgehead atoms. The Morgan fingerprint density at radius 1 is 1.29 bits per heavy atom. The van der Waals surface area contributed by atoms with Gasteiger partial charge in [-0.1, -0.05) is 17.2 Å². The number of esters is 1. The van der Waals surface area contributed by atoms with E-state index in [-0.39, 0.29) is 12.6 Å². The fourth-order valence-corrected chi connectivity index (χ4v) is 2.72. The zero-order valence-electron chi connectivity index (χ0n) is 15.2. The Kier molecular flexibility index (Phi) is 6.07. The summed E-state index contributed by atoms with van der Waals surface area (Å²) in [4.78, 5) is 11.8. The van der Waals surface area contributed by atoms with Crippen LogP contribution < -0.4 is 9.47 Å². The van der Waals surface area contributed by atoms with Gasteiger partial charge in [-0.15, -0.1) is 0 Å². The lowest BCUT2D eigenvalue weighted by molar-refractivity contribution is 0.0534. The minimum Gasteiger partial charge on any atom is -0.496 e. The van der Waals surface area contributed by atoms with Crippen molar-refractivity contribution in [3.05, 3.63) is 46.1 Å². The molecule has 2 rings (SSSR count). The van der Waals surface area contributed by atoms with E-state index in [1.54, 1.807) is 13.2 Å². The Morgan fingerprint density at radius 3 is 2.71 bits per heavy atom. The topological polar surface area (TPSA) is 44.8 Å². The number of carbonyl (C=O) groups is 1. The molecular weight excluding hydrogens is 304 g/mol. The Balaban J connectivity index is 2.07. The zero-order valence-corrected chi connectivity index (χ0v) is 15.2. The number of rotatable bonds is 7. The maximum atomic E-state index is 11.8. The van der Waals surface area contributed by atoms with Crippen LogP contribution in [-0.4, -0.2) is 19.7 Å². The van der Waals surface area contributed by atoms with E-state index >= 15 is 0 Å². The van der Waals surface area contributed by atoms with Crippen LogP contribution in [0.4, 0.5) is 0 Å². The van der Waals surface area contributed by atoms with Gasteiger partial charge in [0.1, 0.15) is 24.7 Å². The maximum absolute atomic E-state index is 11.8. The molecular formula is C20H26O4. The summed E-state index contributed by atoms with van der Waals surface area (Å²) >= 11 is 0. The van der Waals surface area contributed by atoms with Crippen molar-refractivity contribution in [1.82, 2.24) is 0 Å². The van der Waals surface area contributed by atoms with Crippen molar-refractivity contribution in [2.75, 3.05) is 13.7 Å². The van der Waals surface area contributed by atoms with E-state index in [0.29, 0.717) is 23.7 Å². The molecule has 130 valence electrons. The Bertz CT molecular complexity index is 679. The van der Waals surface area contributed by atoms with Crippen molar-refractivity contribution in [2.24, 2.45) is 0 Å². The summed E-state index contributed by atoms with van der Waals surface area (Å²) in [5, 5.41) is 0. The number of hydrogen-bond donors (Lipinski definition) is 0. The van der Waals surface area contributed by atoms with Gasteiger partial charge in [-0.25, -0.2) is 4.79 Å². The molecule has 1 aromatic carbocycles. The molecule has 0 saturated heterocycles. The number of fused-ring (bicyclic) bond motifs is 1. The highest BCUT2D eigenvalue weighted by atomic mass is 16.5. The van der Waals surface area contributed by atoms with Gasteiger partial charge in [-0.05, 0) is 52.7 Å². The van der Waals surface area contributed by atoms with Crippen LogP contribution in [0.1, 0.15) is 55.1 Å². The number of methoxy groups -OCH3 is 1. The highest BCUT2D eigenvalue weighted by Gasteiger charge is 2.28. The van der Waals surface area contributed by atoms with Gasteiger partial charge >= 0.3 is 5.97 Å². The van der Waals surface area contributed by atoms with Crippen LogP contribution in [-0.2, 0) is 11.3 Å². The largest absolute Gasteiger partial charge is 0.496 e. The number of cyclic esters (lactones) is 1. The van der Waals surface area contributed by atoms with Gasteiger partial charge in [-0.2, -0.15) is 0 Å². The molecule has 0 aromatic heterocycles. The van der Waals surface area contributed by atoms with Gasteiger partial charge in [0.2, 0.25) is 0 Å². The van der Waals surface area contributed by atoms with Gasteiger partial charge < -0.3 is 14.2 Å². The molecule has 0 atom stereocenters.